The summed E-state index contributed by atoms with van der Waals surface area (Å²) in [6.07, 6.45) is 2.80. The molecule has 0 bridgehead atoms. The quantitative estimate of drug-likeness (QED) is 0.535. The maximum Gasteiger partial charge on any atom is 0.270 e. The van der Waals surface area contributed by atoms with Crippen molar-refractivity contribution in [2.75, 3.05) is 5.32 Å². The highest BCUT2D eigenvalue weighted by atomic mass is 16.6. The fourth-order valence-corrected chi connectivity index (χ4v) is 2.51. The Morgan fingerprint density at radius 1 is 1.07 bits per heavy atom. The van der Waals surface area contributed by atoms with E-state index in [0.717, 1.165) is 0 Å². The van der Waals surface area contributed by atoms with Gasteiger partial charge >= 0.3 is 0 Å². The number of amides is 1. The predicted octanol–water partition coefficient (Wildman–Crippen LogP) is 4.43. The molecule has 0 unspecified atom stereocenters. The number of nitrogens with one attached hydrogen (secondary N) is 1. The number of hydrogen-bond donors (Lipinski definition) is 1. The van der Waals surface area contributed by atoms with Crippen LogP contribution in [0.1, 0.15) is 35.7 Å². The van der Waals surface area contributed by atoms with Gasteiger partial charge in [-0.3, -0.25) is 14.9 Å². The Morgan fingerprint density at radius 2 is 1.74 bits per heavy atom. The first-order valence-electron chi connectivity index (χ1n) is 8.42. The Hall–Kier alpha value is -3.61. The molecule has 3 rings (SSSR count). The number of aromatic nitrogens is 2. The Balaban J connectivity index is 1.74. The molecule has 0 aliphatic heterocycles. The van der Waals surface area contributed by atoms with Crippen LogP contribution in [0, 0.1) is 10.1 Å². The minimum atomic E-state index is -0.476. The molecule has 27 heavy (non-hydrogen) atoms. The number of carbonyl (C=O) groups is 1. The molecule has 0 atom stereocenters. The minimum Gasteiger partial charge on any atom is -0.322 e. The SMILES string of the molecule is CC(C)c1ccc(NC(=O)c2cnc(-c3cccc([N+](=O)[O-])c3)nc2)cc1. The summed E-state index contributed by atoms with van der Waals surface area (Å²) in [6, 6.07) is 13.7. The third kappa shape index (κ3) is 4.33. The molecule has 2 aromatic carbocycles. The number of rotatable bonds is 5. The summed E-state index contributed by atoms with van der Waals surface area (Å²) >= 11 is 0. The molecule has 1 amide bonds. The Bertz CT molecular complexity index is 967. The molecule has 0 fully saturated rings. The van der Waals surface area contributed by atoms with Crippen LogP contribution in [0.3, 0.4) is 0 Å². The van der Waals surface area contributed by atoms with Crippen molar-refractivity contribution in [3.63, 3.8) is 0 Å². The summed E-state index contributed by atoms with van der Waals surface area (Å²) in [6.45, 7) is 4.21. The zero-order chi connectivity index (χ0) is 19.4. The van der Waals surface area contributed by atoms with Gasteiger partial charge in [-0.1, -0.05) is 38.1 Å². The summed E-state index contributed by atoms with van der Waals surface area (Å²) in [5.41, 5.74) is 2.66. The lowest BCUT2D eigenvalue weighted by Gasteiger charge is -2.08. The summed E-state index contributed by atoms with van der Waals surface area (Å²) in [7, 11) is 0. The molecule has 0 saturated heterocycles. The van der Waals surface area contributed by atoms with Gasteiger partial charge in [0.1, 0.15) is 0 Å². The Labute approximate surface area is 156 Å². The molecule has 7 nitrogen and oxygen atoms in total. The fraction of sp³-hybridized carbons (Fsp3) is 0.150. The Morgan fingerprint density at radius 3 is 2.33 bits per heavy atom. The summed E-state index contributed by atoms with van der Waals surface area (Å²) in [5.74, 6) is 0.416. The molecule has 0 aliphatic carbocycles. The maximum atomic E-state index is 12.3. The lowest BCUT2D eigenvalue weighted by molar-refractivity contribution is -0.384. The fourth-order valence-electron chi connectivity index (χ4n) is 2.51. The highest BCUT2D eigenvalue weighted by molar-refractivity contribution is 6.03. The first kappa shape index (κ1) is 18.2. The van der Waals surface area contributed by atoms with Gasteiger partial charge in [0.25, 0.3) is 11.6 Å². The predicted molar refractivity (Wildman–Crippen MR) is 103 cm³/mol. The van der Waals surface area contributed by atoms with E-state index in [0.29, 0.717) is 28.6 Å². The van der Waals surface area contributed by atoms with Gasteiger partial charge in [-0.15, -0.1) is 0 Å². The third-order valence-electron chi connectivity index (χ3n) is 4.06. The van der Waals surface area contributed by atoms with Gasteiger partial charge in [-0.05, 0) is 23.6 Å². The second-order valence-corrected chi connectivity index (χ2v) is 6.33. The van der Waals surface area contributed by atoms with Crippen LogP contribution in [-0.4, -0.2) is 20.8 Å². The number of benzene rings is 2. The van der Waals surface area contributed by atoms with Crippen molar-refractivity contribution in [2.45, 2.75) is 19.8 Å². The molecule has 1 aromatic heterocycles. The number of anilines is 1. The van der Waals surface area contributed by atoms with Crippen molar-refractivity contribution < 1.29 is 9.72 Å². The summed E-state index contributed by atoms with van der Waals surface area (Å²) in [5, 5.41) is 13.7. The van der Waals surface area contributed by atoms with E-state index >= 15 is 0 Å². The van der Waals surface area contributed by atoms with Gasteiger partial charge in [-0.25, -0.2) is 9.97 Å². The molecule has 1 heterocycles. The molecule has 0 saturated carbocycles. The van der Waals surface area contributed by atoms with Crippen LogP contribution < -0.4 is 5.32 Å². The lowest BCUT2D eigenvalue weighted by Crippen LogP contribution is -2.12. The average molecular weight is 362 g/mol. The van der Waals surface area contributed by atoms with Gasteiger partial charge in [-0.2, -0.15) is 0 Å². The van der Waals surface area contributed by atoms with E-state index < -0.39 is 4.92 Å². The molecule has 3 aromatic rings. The van der Waals surface area contributed by atoms with Gasteiger partial charge in [0.2, 0.25) is 0 Å². The number of nitrogens with zero attached hydrogens (tertiary/aromatic N) is 3. The molecule has 1 N–H and O–H groups in total. The van der Waals surface area contributed by atoms with Crippen LogP contribution in [-0.2, 0) is 0 Å². The van der Waals surface area contributed by atoms with Crippen LogP contribution >= 0.6 is 0 Å². The van der Waals surface area contributed by atoms with Gasteiger partial charge in [0.15, 0.2) is 5.82 Å². The lowest BCUT2D eigenvalue weighted by atomic mass is 10.0. The average Bonchev–Trinajstić information content (AvgIpc) is 2.68. The molecule has 0 aliphatic rings. The Kier molecular flexibility index (Phi) is 5.21. The third-order valence-corrected chi connectivity index (χ3v) is 4.06. The van der Waals surface area contributed by atoms with E-state index in [1.807, 2.05) is 24.3 Å². The molecule has 0 spiro atoms. The van der Waals surface area contributed by atoms with Crippen LogP contribution in [0.5, 0.6) is 0 Å². The van der Waals surface area contributed by atoms with Crippen molar-refractivity contribution in [3.8, 4) is 11.4 Å². The minimum absolute atomic E-state index is 0.0391. The molecule has 0 radical (unpaired) electrons. The van der Waals surface area contributed by atoms with Crippen molar-refractivity contribution in [1.29, 1.82) is 0 Å². The molecule has 7 heteroatoms. The second-order valence-electron chi connectivity index (χ2n) is 6.33. The largest absolute Gasteiger partial charge is 0.322 e. The standard InChI is InChI=1S/C20H18N4O3/c1-13(2)14-6-8-17(9-7-14)23-20(25)16-11-21-19(22-12-16)15-4-3-5-18(10-15)24(26)27/h3-13H,1-2H3,(H,23,25). The number of carbonyl (C=O) groups excluding carboxylic acids is 1. The number of nitro groups is 1. The van der Waals surface area contributed by atoms with Crippen LogP contribution in [0.2, 0.25) is 0 Å². The van der Waals surface area contributed by atoms with Crippen LogP contribution in [0.25, 0.3) is 11.4 Å². The van der Waals surface area contributed by atoms with Crippen molar-refractivity contribution in [2.24, 2.45) is 0 Å². The zero-order valence-corrected chi connectivity index (χ0v) is 14.9. The van der Waals surface area contributed by atoms with Gasteiger partial charge in [0.05, 0.1) is 10.5 Å². The number of non-ortho nitro benzene ring substituents is 1. The van der Waals surface area contributed by atoms with Crippen molar-refractivity contribution in [1.82, 2.24) is 9.97 Å². The van der Waals surface area contributed by atoms with Crippen molar-refractivity contribution in [3.05, 3.63) is 82.2 Å². The molecular weight excluding hydrogens is 344 g/mol. The van der Waals surface area contributed by atoms with E-state index in [2.05, 4.69) is 29.1 Å². The van der Waals surface area contributed by atoms with E-state index in [-0.39, 0.29) is 11.6 Å². The summed E-state index contributed by atoms with van der Waals surface area (Å²) in [4.78, 5) is 31.0. The molecule has 136 valence electrons. The smallest absolute Gasteiger partial charge is 0.270 e. The number of hydrogen-bond acceptors (Lipinski definition) is 5. The first-order chi connectivity index (χ1) is 12.9. The summed E-state index contributed by atoms with van der Waals surface area (Å²) < 4.78 is 0. The second kappa shape index (κ2) is 7.74. The van der Waals surface area contributed by atoms with Crippen LogP contribution in [0.4, 0.5) is 11.4 Å². The van der Waals surface area contributed by atoms with Crippen molar-refractivity contribution >= 4 is 17.3 Å². The first-order valence-corrected chi connectivity index (χ1v) is 8.42. The van der Waals surface area contributed by atoms with Gasteiger partial charge in [0, 0.05) is 35.8 Å². The van der Waals surface area contributed by atoms with E-state index in [9.17, 15) is 14.9 Å². The monoisotopic (exact) mass is 362 g/mol. The highest BCUT2D eigenvalue weighted by Crippen LogP contribution is 2.21. The normalized spacial score (nSPS) is 10.6. The van der Waals surface area contributed by atoms with E-state index in [4.69, 9.17) is 0 Å². The topological polar surface area (TPSA) is 98.0 Å². The highest BCUT2D eigenvalue weighted by Gasteiger charge is 2.11. The van der Waals surface area contributed by atoms with E-state index in [1.54, 1.807) is 12.1 Å². The zero-order valence-electron chi connectivity index (χ0n) is 14.9. The van der Waals surface area contributed by atoms with Gasteiger partial charge < -0.3 is 5.32 Å². The maximum absolute atomic E-state index is 12.3. The number of nitro benzene ring substituents is 1. The van der Waals surface area contributed by atoms with Crippen LogP contribution in [0.15, 0.2) is 60.9 Å². The molecular formula is C20H18N4O3. The van der Waals surface area contributed by atoms with E-state index in [1.165, 1.54) is 30.1 Å².